The SMILES string of the molecule is COc1cc(Cl)c(C)cc1NC(=O)c1cnc(N2CCC(C)CC2)cn1. The van der Waals surface area contributed by atoms with Crippen LogP contribution in [0.1, 0.15) is 35.8 Å². The van der Waals surface area contributed by atoms with E-state index in [-0.39, 0.29) is 11.6 Å². The number of benzene rings is 1. The number of carbonyl (C=O) groups is 1. The maximum atomic E-state index is 12.5. The summed E-state index contributed by atoms with van der Waals surface area (Å²) in [4.78, 5) is 23.4. The van der Waals surface area contributed by atoms with E-state index in [1.54, 1.807) is 18.3 Å². The lowest BCUT2D eigenvalue weighted by atomic mass is 9.99. The van der Waals surface area contributed by atoms with Crippen molar-refractivity contribution >= 4 is 29.0 Å². The molecule has 0 unspecified atom stereocenters. The van der Waals surface area contributed by atoms with Crippen molar-refractivity contribution in [2.24, 2.45) is 5.92 Å². The minimum absolute atomic E-state index is 0.258. The van der Waals surface area contributed by atoms with Gasteiger partial charge in [-0.1, -0.05) is 18.5 Å². The van der Waals surface area contributed by atoms with Crippen LogP contribution in [-0.4, -0.2) is 36.1 Å². The fourth-order valence-corrected chi connectivity index (χ4v) is 3.11. The van der Waals surface area contributed by atoms with E-state index in [1.165, 1.54) is 13.3 Å². The smallest absolute Gasteiger partial charge is 0.275 e. The third kappa shape index (κ3) is 4.07. The molecule has 1 aromatic carbocycles. The number of nitrogens with zero attached hydrogens (tertiary/aromatic N) is 3. The number of hydrogen-bond acceptors (Lipinski definition) is 5. The van der Waals surface area contributed by atoms with Crippen LogP contribution in [0, 0.1) is 12.8 Å². The van der Waals surface area contributed by atoms with Crippen LogP contribution in [0.4, 0.5) is 11.5 Å². The molecule has 1 aromatic heterocycles. The molecule has 0 bridgehead atoms. The lowest BCUT2D eigenvalue weighted by Crippen LogP contribution is -2.33. The number of amides is 1. The van der Waals surface area contributed by atoms with Crippen LogP contribution in [0.5, 0.6) is 5.75 Å². The van der Waals surface area contributed by atoms with Crippen molar-refractivity contribution < 1.29 is 9.53 Å². The molecule has 2 heterocycles. The monoisotopic (exact) mass is 374 g/mol. The molecule has 0 saturated carbocycles. The number of rotatable bonds is 4. The zero-order chi connectivity index (χ0) is 18.7. The van der Waals surface area contributed by atoms with Crippen LogP contribution < -0.4 is 15.0 Å². The van der Waals surface area contributed by atoms with Gasteiger partial charge in [-0.25, -0.2) is 9.97 Å². The van der Waals surface area contributed by atoms with E-state index in [0.29, 0.717) is 16.5 Å². The Morgan fingerprint density at radius 1 is 1.27 bits per heavy atom. The molecule has 26 heavy (non-hydrogen) atoms. The fourth-order valence-electron chi connectivity index (χ4n) is 2.96. The predicted molar refractivity (Wildman–Crippen MR) is 103 cm³/mol. The molecular weight excluding hydrogens is 352 g/mol. The highest BCUT2D eigenvalue weighted by Gasteiger charge is 2.18. The average Bonchev–Trinajstić information content (AvgIpc) is 2.65. The maximum Gasteiger partial charge on any atom is 0.275 e. The van der Waals surface area contributed by atoms with Crippen molar-refractivity contribution in [1.29, 1.82) is 0 Å². The molecule has 2 aromatic rings. The van der Waals surface area contributed by atoms with Gasteiger partial charge in [-0.3, -0.25) is 4.79 Å². The van der Waals surface area contributed by atoms with E-state index in [0.717, 1.165) is 43.2 Å². The summed E-state index contributed by atoms with van der Waals surface area (Å²) < 4.78 is 5.28. The summed E-state index contributed by atoms with van der Waals surface area (Å²) in [5.74, 6) is 1.73. The summed E-state index contributed by atoms with van der Waals surface area (Å²) in [7, 11) is 1.53. The number of ether oxygens (including phenoxy) is 1. The van der Waals surface area contributed by atoms with E-state index in [2.05, 4.69) is 27.1 Å². The third-order valence-electron chi connectivity index (χ3n) is 4.71. The highest BCUT2D eigenvalue weighted by molar-refractivity contribution is 6.31. The molecule has 7 heteroatoms. The van der Waals surface area contributed by atoms with E-state index >= 15 is 0 Å². The normalized spacial score (nSPS) is 15.0. The van der Waals surface area contributed by atoms with E-state index in [4.69, 9.17) is 16.3 Å². The second-order valence-electron chi connectivity index (χ2n) is 6.69. The first-order valence-corrected chi connectivity index (χ1v) is 9.08. The Morgan fingerprint density at radius 2 is 2.00 bits per heavy atom. The third-order valence-corrected chi connectivity index (χ3v) is 5.11. The van der Waals surface area contributed by atoms with Crippen LogP contribution in [0.2, 0.25) is 5.02 Å². The Morgan fingerprint density at radius 3 is 2.62 bits per heavy atom. The lowest BCUT2D eigenvalue weighted by Gasteiger charge is -2.30. The zero-order valence-corrected chi connectivity index (χ0v) is 16.0. The second-order valence-corrected chi connectivity index (χ2v) is 7.09. The Balaban J connectivity index is 1.72. The maximum absolute atomic E-state index is 12.5. The lowest BCUT2D eigenvalue weighted by molar-refractivity contribution is 0.102. The quantitative estimate of drug-likeness (QED) is 0.878. The Kier molecular flexibility index (Phi) is 5.61. The van der Waals surface area contributed by atoms with Gasteiger partial charge in [-0.2, -0.15) is 0 Å². The summed E-state index contributed by atoms with van der Waals surface area (Å²) in [6.45, 7) is 6.08. The van der Waals surface area contributed by atoms with Gasteiger partial charge in [0.25, 0.3) is 5.91 Å². The Bertz CT molecular complexity index is 787. The Hall–Kier alpha value is -2.34. The number of aromatic nitrogens is 2. The molecule has 138 valence electrons. The van der Waals surface area contributed by atoms with Gasteiger partial charge in [-0.15, -0.1) is 0 Å². The first kappa shape index (κ1) is 18.5. The van der Waals surface area contributed by atoms with Gasteiger partial charge in [0.05, 0.1) is 25.2 Å². The summed E-state index contributed by atoms with van der Waals surface area (Å²) in [5.41, 5.74) is 1.66. The molecule has 0 atom stereocenters. The van der Waals surface area contributed by atoms with Crippen molar-refractivity contribution in [3.05, 3.63) is 40.8 Å². The first-order chi connectivity index (χ1) is 12.5. The fraction of sp³-hybridized carbons (Fsp3) is 0.421. The Labute approximate surface area is 158 Å². The summed E-state index contributed by atoms with van der Waals surface area (Å²) in [6.07, 6.45) is 5.48. The van der Waals surface area contributed by atoms with Gasteiger partial charge >= 0.3 is 0 Å². The number of piperidine rings is 1. The predicted octanol–water partition coefficient (Wildman–Crippen LogP) is 3.94. The van der Waals surface area contributed by atoms with Gasteiger partial charge < -0.3 is 15.0 Å². The van der Waals surface area contributed by atoms with Crippen LogP contribution in [0.15, 0.2) is 24.5 Å². The molecule has 6 nitrogen and oxygen atoms in total. The molecule has 1 aliphatic rings. The van der Waals surface area contributed by atoms with Crippen LogP contribution in [0.3, 0.4) is 0 Å². The standard InChI is InChI=1S/C19H23ClN4O2/c1-12-4-6-24(7-5-12)18-11-21-16(10-22-18)19(25)23-15-8-13(2)14(20)9-17(15)26-3/h8-12H,4-7H2,1-3H3,(H,23,25). The van der Waals surface area contributed by atoms with Crippen LogP contribution in [-0.2, 0) is 0 Å². The summed E-state index contributed by atoms with van der Waals surface area (Å²) in [5, 5.41) is 3.40. The van der Waals surface area contributed by atoms with Gasteiger partial charge in [0.15, 0.2) is 0 Å². The molecular formula is C19H23ClN4O2. The van der Waals surface area contributed by atoms with Crippen molar-refractivity contribution in [2.45, 2.75) is 26.7 Å². The summed E-state index contributed by atoms with van der Waals surface area (Å²) in [6, 6.07) is 3.45. The number of halogens is 1. The molecule has 1 fully saturated rings. The van der Waals surface area contributed by atoms with E-state index in [9.17, 15) is 4.79 Å². The molecule has 0 radical (unpaired) electrons. The molecule has 1 N–H and O–H groups in total. The van der Waals surface area contributed by atoms with E-state index < -0.39 is 0 Å². The van der Waals surface area contributed by atoms with Gasteiger partial charge in [0.2, 0.25) is 0 Å². The molecule has 1 saturated heterocycles. The van der Waals surface area contributed by atoms with Gasteiger partial charge in [-0.05, 0) is 37.3 Å². The van der Waals surface area contributed by atoms with Crippen molar-refractivity contribution in [3.63, 3.8) is 0 Å². The second kappa shape index (κ2) is 7.91. The van der Waals surface area contributed by atoms with Crippen LogP contribution >= 0.6 is 11.6 Å². The molecule has 0 spiro atoms. The minimum Gasteiger partial charge on any atom is -0.495 e. The molecule has 1 aliphatic heterocycles. The first-order valence-electron chi connectivity index (χ1n) is 8.70. The highest BCUT2D eigenvalue weighted by Crippen LogP contribution is 2.31. The number of anilines is 2. The average molecular weight is 375 g/mol. The van der Waals surface area contributed by atoms with Gasteiger partial charge in [0.1, 0.15) is 17.3 Å². The number of hydrogen-bond donors (Lipinski definition) is 1. The number of carbonyl (C=O) groups excluding carboxylic acids is 1. The summed E-state index contributed by atoms with van der Waals surface area (Å²) >= 11 is 6.10. The molecule has 0 aliphatic carbocycles. The molecule has 1 amide bonds. The van der Waals surface area contributed by atoms with Crippen molar-refractivity contribution in [2.75, 3.05) is 30.4 Å². The van der Waals surface area contributed by atoms with Crippen molar-refractivity contribution in [3.8, 4) is 5.75 Å². The topological polar surface area (TPSA) is 67.3 Å². The largest absolute Gasteiger partial charge is 0.495 e. The number of methoxy groups -OCH3 is 1. The van der Waals surface area contributed by atoms with Gasteiger partial charge in [0, 0.05) is 24.2 Å². The van der Waals surface area contributed by atoms with Crippen LogP contribution in [0.25, 0.3) is 0 Å². The zero-order valence-electron chi connectivity index (χ0n) is 15.3. The number of aryl methyl sites for hydroxylation is 1. The highest BCUT2D eigenvalue weighted by atomic mass is 35.5. The van der Waals surface area contributed by atoms with E-state index in [1.807, 2.05) is 6.92 Å². The number of nitrogens with one attached hydrogen (secondary N) is 1. The minimum atomic E-state index is -0.337. The van der Waals surface area contributed by atoms with Crippen molar-refractivity contribution in [1.82, 2.24) is 9.97 Å². The molecule has 3 rings (SSSR count).